The highest BCUT2D eigenvalue weighted by Crippen LogP contribution is 2.32. The number of hydrogen-bond donors (Lipinski definition) is 1. The molecule has 100 valence electrons. The van der Waals surface area contributed by atoms with Gasteiger partial charge < -0.3 is 5.11 Å². The predicted octanol–water partition coefficient (Wildman–Crippen LogP) is 1.21. The Morgan fingerprint density at radius 1 is 1.29 bits per heavy atom. The van der Waals surface area contributed by atoms with Gasteiger partial charge in [-0.2, -0.15) is 4.31 Å². The Kier molecular flexibility index (Phi) is 4.10. The monoisotopic (exact) mass is 261 g/mol. The zero-order valence-electron chi connectivity index (χ0n) is 10.5. The molecule has 17 heavy (non-hydrogen) atoms. The first-order chi connectivity index (χ1) is 8.04. The molecule has 2 rings (SSSR count). The number of aliphatic hydroxyl groups excluding tert-OH is 1. The van der Waals surface area contributed by atoms with Gasteiger partial charge in [0.1, 0.15) is 0 Å². The van der Waals surface area contributed by atoms with Crippen molar-refractivity contribution < 1.29 is 13.5 Å². The molecule has 0 aromatic carbocycles. The van der Waals surface area contributed by atoms with Crippen LogP contribution < -0.4 is 0 Å². The molecule has 2 atom stereocenters. The maximum absolute atomic E-state index is 12.2. The van der Waals surface area contributed by atoms with Crippen LogP contribution in [0, 0.1) is 11.8 Å². The number of nitrogens with zero attached hydrogens (tertiary/aromatic N) is 1. The molecule has 1 saturated carbocycles. The Morgan fingerprint density at radius 2 is 2.00 bits per heavy atom. The van der Waals surface area contributed by atoms with Gasteiger partial charge in [-0.15, -0.1) is 0 Å². The highest BCUT2D eigenvalue weighted by Gasteiger charge is 2.38. The summed E-state index contributed by atoms with van der Waals surface area (Å²) in [5, 5.41) is 9.30. The second-order valence-corrected chi connectivity index (χ2v) is 7.57. The third-order valence-corrected chi connectivity index (χ3v) is 6.30. The van der Waals surface area contributed by atoms with E-state index in [9.17, 15) is 13.5 Å². The van der Waals surface area contributed by atoms with Crippen molar-refractivity contribution in [1.82, 2.24) is 4.31 Å². The van der Waals surface area contributed by atoms with E-state index in [1.165, 1.54) is 23.6 Å². The van der Waals surface area contributed by atoms with Crippen LogP contribution in [0.4, 0.5) is 0 Å². The minimum Gasteiger partial charge on any atom is -0.395 e. The number of rotatable bonds is 5. The summed E-state index contributed by atoms with van der Waals surface area (Å²) in [5.41, 5.74) is 0. The average Bonchev–Trinajstić information content (AvgIpc) is 2.57. The molecule has 0 radical (unpaired) electrons. The van der Waals surface area contributed by atoms with Crippen molar-refractivity contribution in [2.75, 3.05) is 18.9 Å². The third kappa shape index (κ3) is 2.83. The molecule has 1 saturated heterocycles. The molecule has 0 aromatic rings. The molecule has 1 N–H and O–H groups in total. The molecule has 4 nitrogen and oxygen atoms in total. The Morgan fingerprint density at radius 3 is 2.53 bits per heavy atom. The zero-order valence-corrected chi connectivity index (χ0v) is 11.3. The molecule has 0 aromatic heterocycles. The highest BCUT2D eigenvalue weighted by atomic mass is 32.2. The van der Waals surface area contributed by atoms with Gasteiger partial charge in [0, 0.05) is 6.54 Å². The maximum atomic E-state index is 12.2. The van der Waals surface area contributed by atoms with Gasteiger partial charge in [-0.3, -0.25) is 0 Å². The lowest BCUT2D eigenvalue weighted by Crippen LogP contribution is -2.41. The molecule has 5 heteroatoms. The lowest BCUT2D eigenvalue weighted by Gasteiger charge is -2.28. The standard InChI is InChI=1S/C12H23NO3S/c1-10-5-7-13(12(10)9-14)17(15,16)8-6-11-3-2-4-11/h10-12,14H,2-9H2,1H3. The van der Waals surface area contributed by atoms with Crippen LogP contribution in [0.1, 0.15) is 39.0 Å². The van der Waals surface area contributed by atoms with Gasteiger partial charge in [0.15, 0.2) is 0 Å². The molecule has 0 spiro atoms. The van der Waals surface area contributed by atoms with Gasteiger partial charge in [0.05, 0.1) is 18.4 Å². The summed E-state index contributed by atoms with van der Waals surface area (Å²) < 4.78 is 26.0. The van der Waals surface area contributed by atoms with E-state index in [0.29, 0.717) is 12.5 Å². The van der Waals surface area contributed by atoms with Gasteiger partial charge in [0.2, 0.25) is 10.0 Å². The fourth-order valence-corrected chi connectivity index (χ4v) is 4.74. The number of aliphatic hydroxyl groups is 1. The van der Waals surface area contributed by atoms with Crippen LogP contribution in [0.5, 0.6) is 0 Å². The van der Waals surface area contributed by atoms with Crippen LogP contribution in [-0.2, 0) is 10.0 Å². The summed E-state index contributed by atoms with van der Waals surface area (Å²) in [6.07, 6.45) is 5.30. The van der Waals surface area contributed by atoms with Crippen LogP contribution in [0.2, 0.25) is 0 Å². The van der Waals surface area contributed by atoms with E-state index in [-0.39, 0.29) is 24.3 Å². The minimum atomic E-state index is -3.15. The van der Waals surface area contributed by atoms with Crippen molar-refractivity contribution in [3.63, 3.8) is 0 Å². The lowest BCUT2D eigenvalue weighted by molar-refractivity contribution is 0.190. The fourth-order valence-electron chi connectivity index (χ4n) is 2.80. The summed E-state index contributed by atoms with van der Waals surface area (Å²) in [4.78, 5) is 0. The maximum Gasteiger partial charge on any atom is 0.214 e. The Labute approximate surface area is 104 Å². The summed E-state index contributed by atoms with van der Waals surface area (Å²) >= 11 is 0. The van der Waals surface area contributed by atoms with E-state index in [0.717, 1.165) is 12.8 Å². The number of sulfonamides is 1. The average molecular weight is 261 g/mol. The van der Waals surface area contributed by atoms with Crippen molar-refractivity contribution >= 4 is 10.0 Å². The van der Waals surface area contributed by atoms with Gasteiger partial charge in [0.25, 0.3) is 0 Å². The van der Waals surface area contributed by atoms with Crippen molar-refractivity contribution in [2.24, 2.45) is 11.8 Å². The summed E-state index contributed by atoms with van der Waals surface area (Å²) in [5.74, 6) is 1.16. The molecule has 0 bridgehead atoms. The van der Waals surface area contributed by atoms with E-state index >= 15 is 0 Å². The van der Waals surface area contributed by atoms with E-state index < -0.39 is 10.0 Å². The molecule has 1 aliphatic heterocycles. The van der Waals surface area contributed by atoms with Gasteiger partial charge in [-0.05, 0) is 24.7 Å². The molecule has 2 aliphatic rings. The van der Waals surface area contributed by atoms with E-state index in [1.807, 2.05) is 6.92 Å². The van der Waals surface area contributed by atoms with Crippen LogP contribution >= 0.6 is 0 Å². The van der Waals surface area contributed by atoms with Crippen molar-refractivity contribution in [3.8, 4) is 0 Å². The van der Waals surface area contributed by atoms with Crippen LogP contribution in [0.25, 0.3) is 0 Å². The van der Waals surface area contributed by atoms with Crippen LogP contribution in [-0.4, -0.2) is 42.8 Å². The quantitative estimate of drug-likeness (QED) is 0.809. The number of hydrogen-bond acceptors (Lipinski definition) is 3. The Hall–Kier alpha value is -0.130. The molecular weight excluding hydrogens is 238 g/mol. The SMILES string of the molecule is CC1CCN(S(=O)(=O)CCC2CCC2)C1CO. The molecule has 1 aliphatic carbocycles. The normalized spacial score (nSPS) is 31.6. The minimum absolute atomic E-state index is 0.0518. The van der Waals surface area contributed by atoms with Crippen molar-refractivity contribution in [1.29, 1.82) is 0 Å². The first-order valence-electron chi connectivity index (χ1n) is 6.65. The Balaban J connectivity index is 1.94. The summed E-state index contributed by atoms with van der Waals surface area (Å²) in [6, 6.07) is -0.193. The topological polar surface area (TPSA) is 57.6 Å². The highest BCUT2D eigenvalue weighted by molar-refractivity contribution is 7.89. The molecule has 2 unspecified atom stereocenters. The van der Waals surface area contributed by atoms with Gasteiger partial charge in [-0.25, -0.2) is 8.42 Å². The smallest absolute Gasteiger partial charge is 0.214 e. The van der Waals surface area contributed by atoms with E-state index in [1.54, 1.807) is 0 Å². The lowest BCUT2D eigenvalue weighted by atomic mass is 9.84. The first kappa shape index (κ1) is 13.3. The zero-order chi connectivity index (χ0) is 12.5. The van der Waals surface area contributed by atoms with Crippen LogP contribution in [0.15, 0.2) is 0 Å². The second kappa shape index (κ2) is 5.24. The van der Waals surface area contributed by atoms with E-state index in [2.05, 4.69) is 0 Å². The fraction of sp³-hybridized carbons (Fsp3) is 1.00. The van der Waals surface area contributed by atoms with Gasteiger partial charge >= 0.3 is 0 Å². The molecule has 0 amide bonds. The molecular formula is C12H23NO3S. The van der Waals surface area contributed by atoms with Crippen molar-refractivity contribution in [2.45, 2.75) is 45.1 Å². The Bertz CT molecular complexity index is 351. The van der Waals surface area contributed by atoms with E-state index in [4.69, 9.17) is 0 Å². The third-order valence-electron chi connectivity index (χ3n) is 4.38. The molecule has 1 heterocycles. The molecule has 2 fully saturated rings. The first-order valence-corrected chi connectivity index (χ1v) is 8.26. The van der Waals surface area contributed by atoms with Crippen LogP contribution in [0.3, 0.4) is 0 Å². The summed E-state index contributed by atoms with van der Waals surface area (Å²) in [7, 11) is -3.15. The largest absolute Gasteiger partial charge is 0.395 e. The van der Waals surface area contributed by atoms with Crippen molar-refractivity contribution in [3.05, 3.63) is 0 Å². The predicted molar refractivity (Wildman–Crippen MR) is 67.1 cm³/mol. The van der Waals surface area contributed by atoms with Gasteiger partial charge in [-0.1, -0.05) is 26.2 Å². The summed E-state index contributed by atoms with van der Waals surface area (Å²) in [6.45, 7) is 2.55. The second-order valence-electron chi connectivity index (χ2n) is 5.53.